The third-order valence-corrected chi connectivity index (χ3v) is 4.20. The fraction of sp³-hybridized carbons (Fsp3) is 0.412. The van der Waals surface area contributed by atoms with E-state index in [4.69, 9.17) is 0 Å². The molecule has 1 fully saturated rings. The van der Waals surface area contributed by atoms with Gasteiger partial charge in [0.05, 0.1) is 5.69 Å². The van der Waals surface area contributed by atoms with E-state index in [1.54, 1.807) is 0 Å². The molecule has 0 saturated heterocycles. The molecule has 1 heterocycles. The lowest BCUT2D eigenvalue weighted by molar-refractivity contribution is 0.0931. The van der Waals surface area contributed by atoms with Crippen LogP contribution in [0.1, 0.15) is 43.6 Å². The molecule has 1 aliphatic carbocycles. The van der Waals surface area contributed by atoms with Gasteiger partial charge in [0.1, 0.15) is 5.69 Å². The van der Waals surface area contributed by atoms with Crippen molar-refractivity contribution in [1.82, 2.24) is 15.5 Å². The van der Waals surface area contributed by atoms with Crippen LogP contribution in [-0.4, -0.2) is 22.1 Å². The number of H-pyrrole nitrogens is 1. The molecule has 1 amide bonds. The van der Waals surface area contributed by atoms with Gasteiger partial charge < -0.3 is 5.32 Å². The SMILES string of the molecule is CC1(C)CCC(NC(=O)c2cc(-c3ccccc3)n[nH]2)C1. The van der Waals surface area contributed by atoms with Crippen molar-refractivity contribution < 1.29 is 4.79 Å². The summed E-state index contributed by atoms with van der Waals surface area (Å²) in [6, 6.07) is 11.9. The summed E-state index contributed by atoms with van der Waals surface area (Å²) < 4.78 is 0. The van der Waals surface area contributed by atoms with Crippen LogP contribution in [0.15, 0.2) is 36.4 Å². The second-order valence-electron chi connectivity index (χ2n) is 6.61. The van der Waals surface area contributed by atoms with Crippen molar-refractivity contribution in [1.29, 1.82) is 0 Å². The number of nitrogens with zero attached hydrogens (tertiary/aromatic N) is 1. The molecule has 0 radical (unpaired) electrons. The molecule has 2 aromatic rings. The second kappa shape index (κ2) is 5.35. The van der Waals surface area contributed by atoms with Gasteiger partial charge in [-0.05, 0) is 30.7 Å². The monoisotopic (exact) mass is 283 g/mol. The smallest absolute Gasteiger partial charge is 0.269 e. The Bertz CT molecular complexity index is 630. The lowest BCUT2D eigenvalue weighted by atomic mass is 9.92. The average Bonchev–Trinajstić information content (AvgIpc) is 3.07. The van der Waals surface area contributed by atoms with E-state index in [9.17, 15) is 4.79 Å². The summed E-state index contributed by atoms with van der Waals surface area (Å²) in [5.74, 6) is -0.0626. The summed E-state index contributed by atoms with van der Waals surface area (Å²) in [7, 11) is 0. The van der Waals surface area contributed by atoms with Crippen LogP contribution in [0.3, 0.4) is 0 Å². The van der Waals surface area contributed by atoms with Crippen molar-refractivity contribution >= 4 is 5.91 Å². The molecular weight excluding hydrogens is 262 g/mol. The van der Waals surface area contributed by atoms with Gasteiger partial charge in [-0.1, -0.05) is 44.2 Å². The first-order valence-electron chi connectivity index (χ1n) is 7.45. The molecule has 3 rings (SSSR count). The third kappa shape index (κ3) is 3.15. The zero-order valence-corrected chi connectivity index (χ0v) is 12.5. The van der Waals surface area contributed by atoms with E-state index in [1.807, 2.05) is 36.4 Å². The predicted octanol–water partition coefficient (Wildman–Crippen LogP) is 3.39. The van der Waals surface area contributed by atoms with Crippen molar-refractivity contribution in [2.75, 3.05) is 0 Å². The Kier molecular flexibility index (Phi) is 3.53. The van der Waals surface area contributed by atoms with Crippen LogP contribution in [-0.2, 0) is 0 Å². The van der Waals surface area contributed by atoms with Gasteiger partial charge in [-0.2, -0.15) is 5.10 Å². The Morgan fingerprint density at radius 3 is 2.76 bits per heavy atom. The van der Waals surface area contributed by atoms with Crippen molar-refractivity contribution in [3.63, 3.8) is 0 Å². The molecule has 21 heavy (non-hydrogen) atoms. The molecule has 4 nitrogen and oxygen atoms in total. The van der Waals surface area contributed by atoms with Crippen LogP contribution in [0.5, 0.6) is 0 Å². The first kappa shape index (κ1) is 13.9. The van der Waals surface area contributed by atoms with Crippen LogP contribution in [0, 0.1) is 5.41 Å². The van der Waals surface area contributed by atoms with Gasteiger partial charge in [0.15, 0.2) is 0 Å². The maximum atomic E-state index is 12.3. The van der Waals surface area contributed by atoms with Crippen LogP contribution in [0.2, 0.25) is 0 Å². The third-order valence-electron chi connectivity index (χ3n) is 4.20. The van der Waals surface area contributed by atoms with Gasteiger partial charge in [-0.25, -0.2) is 0 Å². The van der Waals surface area contributed by atoms with Crippen LogP contribution in [0.25, 0.3) is 11.3 Å². The highest BCUT2D eigenvalue weighted by molar-refractivity contribution is 5.93. The Balaban J connectivity index is 1.68. The number of aromatic amines is 1. The summed E-state index contributed by atoms with van der Waals surface area (Å²) in [5, 5.41) is 10.2. The van der Waals surface area contributed by atoms with E-state index in [-0.39, 0.29) is 11.9 Å². The standard InChI is InChI=1S/C17H21N3O/c1-17(2)9-8-13(11-17)18-16(21)15-10-14(19-20-15)12-6-4-3-5-7-12/h3-7,10,13H,8-9,11H2,1-2H3,(H,18,21)(H,19,20). The Labute approximate surface area is 125 Å². The van der Waals surface area contributed by atoms with Crippen molar-refractivity contribution in [2.24, 2.45) is 5.41 Å². The molecule has 1 atom stereocenters. The maximum absolute atomic E-state index is 12.3. The molecular formula is C17H21N3O. The van der Waals surface area contributed by atoms with E-state index in [2.05, 4.69) is 29.4 Å². The van der Waals surface area contributed by atoms with E-state index in [0.29, 0.717) is 11.1 Å². The van der Waals surface area contributed by atoms with Gasteiger partial charge in [0.2, 0.25) is 0 Å². The highest BCUT2D eigenvalue weighted by Gasteiger charge is 2.32. The number of benzene rings is 1. The maximum Gasteiger partial charge on any atom is 0.269 e. The van der Waals surface area contributed by atoms with Gasteiger partial charge >= 0.3 is 0 Å². The molecule has 1 aromatic heterocycles. The molecule has 1 aliphatic rings. The van der Waals surface area contributed by atoms with E-state index in [0.717, 1.165) is 30.5 Å². The fourth-order valence-electron chi connectivity index (χ4n) is 3.02. The minimum absolute atomic E-state index is 0.0626. The Hall–Kier alpha value is -2.10. The van der Waals surface area contributed by atoms with Crippen LogP contribution in [0.4, 0.5) is 0 Å². The summed E-state index contributed by atoms with van der Waals surface area (Å²) in [6.45, 7) is 4.51. The number of aromatic nitrogens is 2. The van der Waals surface area contributed by atoms with Crippen LogP contribution >= 0.6 is 0 Å². The number of amides is 1. The zero-order chi connectivity index (χ0) is 14.9. The molecule has 1 saturated carbocycles. The number of carbonyl (C=O) groups excluding carboxylic acids is 1. The normalized spacial score (nSPS) is 20.4. The van der Waals surface area contributed by atoms with Gasteiger partial charge in [-0.3, -0.25) is 9.89 Å². The summed E-state index contributed by atoms with van der Waals surface area (Å²) in [5.41, 5.74) is 2.67. The quantitative estimate of drug-likeness (QED) is 0.907. The van der Waals surface area contributed by atoms with Gasteiger partial charge in [0, 0.05) is 11.6 Å². The molecule has 4 heteroatoms. The van der Waals surface area contributed by atoms with Gasteiger partial charge in [0.25, 0.3) is 5.91 Å². The Morgan fingerprint density at radius 2 is 2.10 bits per heavy atom. The summed E-state index contributed by atoms with van der Waals surface area (Å²) in [6.07, 6.45) is 3.26. The number of hydrogen-bond donors (Lipinski definition) is 2. The zero-order valence-electron chi connectivity index (χ0n) is 12.5. The average molecular weight is 283 g/mol. The minimum atomic E-state index is -0.0626. The number of nitrogens with one attached hydrogen (secondary N) is 2. The highest BCUT2D eigenvalue weighted by Crippen LogP contribution is 2.36. The van der Waals surface area contributed by atoms with E-state index >= 15 is 0 Å². The summed E-state index contributed by atoms with van der Waals surface area (Å²) >= 11 is 0. The lowest BCUT2D eigenvalue weighted by Gasteiger charge is -2.17. The van der Waals surface area contributed by atoms with Crippen molar-refractivity contribution in [3.8, 4) is 11.3 Å². The molecule has 1 aromatic carbocycles. The molecule has 0 bridgehead atoms. The first-order chi connectivity index (χ1) is 10.0. The minimum Gasteiger partial charge on any atom is -0.348 e. The highest BCUT2D eigenvalue weighted by atomic mass is 16.2. The Morgan fingerprint density at radius 1 is 1.33 bits per heavy atom. The predicted molar refractivity (Wildman–Crippen MR) is 82.9 cm³/mol. The topological polar surface area (TPSA) is 57.8 Å². The fourth-order valence-corrected chi connectivity index (χ4v) is 3.02. The molecule has 1 unspecified atom stereocenters. The first-order valence-corrected chi connectivity index (χ1v) is 7.45. The lowest BCUT2D eigenvalue weighted by Crippen LogP contribution is -2.33. The number of rotatable bonds is 3. The largest absolute Gasteiger partial charge is 0.348 e. The number of carbonyl (C=O) groups is 1. The molecule has 0 spiro atoms. The van der Waals surface area contributed by atoms with Crippen molar-refractivity contribution in [3.05, 3.63) is 42.1 Å². The molecule has 2 N–H and O–H groups in total. The molecule has 110 valence electrons. The summed E-state index contributed by atoms with van der Waals surface area (Å²) in [4.78, 5) is 12.3. The van der Waals surface area contributed by atoms with E-state index in [1.165, 1.54) is 0 Å². The van der Waals surface area contributed by atoms with Gasteiger partial charge in [-0.15, -0.1) is 0 Å². The van der Waals surface area contributed by atoms with Crippen molar-refractivity contribution in [2.45, 2.75) is 39.2 Å². The van der Waals surface area contributed by atoms with Crippen LogP contribution < -0.4 is 5.32 Å². The number of hydrogen-bond acceptors (Lipinski definition) is 2. The second-order valence-corrected chi connectivity index (χ2v) is 6.61. The molecule has 0 aliphatic heterocycles. The van der Waals surface area contributed by atoms with E-state index < -0.39 is 0 Å².